The number of amides is 1. The third-order valence-electron chi connectivity index (χ3n) is 4.11. The Kier molecular flexibility index (Phi) is 6.30. The van der Waals surface area contributed by atoms with Crippen molar-refractivity contribution < 1.29 is 9.42 Å². The number of hydrogen-bond acceptors (Lipinski definition) is 10. The Morgan fingerprint density at radius 2 is 2.16 bits per heavy atom. The van der Waals surface area contributed by atoms with Crippen LogP contribution in [0.5, 0.6) is 0 Å². The van der Waals surface area contributed by atoms with Gasteiger partial charge in [-0.1, -0.05) is 16.8 Å². The fourth-order valence-corrected chi connectivity index (χ4v) is 4.32. The fraction of sp³-hybridized carbons (Fsp3) is 0.111. The Hall–Kier alpha value is -3.22. The number of nitrogen functional groups attached to an aromatic ring is 1. The van der Waals surface area contributed by atoms with Crippen molar-refractivity contribution in [2.24, 2.45) is 5.10 Å². The van der Waals surface area contributed by atoms with Gasteiger partial charge in [-0.25, -0.2) is 10.1 Å². The summed E-state index contributed by atoms with van der Waals surface area (Å²) in [6, 6.07) is 9.30. The highest BCUT2D eigenvalue weighted by atomic mass is 35.5. The van der Waals surface area contributed by atoms with Crippen LogP contribution in [0.2, 0.25) is 5.02 Å². The van der Waals surface area contributed by atoms with Crippen LogP contribution < -0.4 is 11.2 Å². The third-order valence-corrected chi connectivity index (χ3v) is 6.34. The van der Waals surface area contributed by atoms with Crippen LogP contribution >= 0.6 is 34.7 Å². The monoisotopic (exact) mass is 474 g/mol. The van der Waals surface area contributed by atoms with Crippen molar-refractivity contribution in [2.45, 2.75) is 17.6 Å². The summed E-state index contributed by atoms with van der Waals surface area (Å²) in [4.78, 5) is 14.6. The normalized spacial score (nSPS) is 11.3. The van der Waals surface area contributed by atoms with E-state index < -0.39 is 5.91 Å². The number of hydrazone groups is 1. The summed E-state index contributed by atoms with van der Waals surface area (Å²) in [5.41, 5.74) is 9.91. The first-order chi connectivity index (χ1) is 15.0. The van der Waals surface area contributed by atoms with Crippen LogP contribution in [0.4, 0.5) is 5.82 Å². The summed E-state index contributed by atoms with van der Waals surface area (Å²) >= 11 is 8.93. The molecule has 1 aromatic carbocycles. The van der Waals surface area contributed by atoms with Gasteiger partial charge in [0.25, 0.3) is 5.91 Å². The van der Waals surface area contributed by atoms with Gasteiger partial charge in [0.2, 0.25) is 11.6 Å². The molecule has 0 saturated heterocycles. The molecule has 0 unspecified atom stereocenters. The number of nitrogens with one attached hydrogen (secondary N) is 1. The Balaban J connectivity index is 1.59. The molecule has 0 aliphatic heterocycles. The second-order valence-corrected chi connectivity index (χ2v) is 8.61. The summed E-state index contributed by atoms with van der Waals surface area (Å²) in [7, 11) is 0. The molecule has 0 radical (unpaired) electrons. The standard InChI is InChI=1S/C18H15ClN8O2S2/c1-10-6-7-30-14(10)8-21-23-18(28)15-13(9-31-12-4-2-11(19)3-5-12)27(26-22-15)17-16(20)24-29-25-17/h2-8H,9H2,1H3,(H2,20,24)(H,23,28). The lowest BCUT2D eigenvalue weighted by atomic mass is 10.3. The first-order valence-corrected chi connectivity index (χ1v) is 11.1. The lowest BCUT2D eigenvalue weighted by Crippen LogP contribution is -2.20. The van der Waals surface area contributed by atoms with E-state index >= 15 is 0 Å². The zero-order valence-corrected chi connectivity index (χ0v) is 18.4. The number of carbonyl (C=O) groups is 1. The van der Waals surface area contributed by atoms with Crippen LogP contribution in [0.3, 0.4) is 0 Å². The van der Waals surface area contributed by atoms with Gasteiger partial charge in [-0.3, -0.25) is 4.79 Å². The number of benzene rings is 1. The van der Waals surface area contributed by atoms with Crippen molar-refractivity contribution >= 4 is 52.6 Å². The molecule has 3 N–H and O–H groups in total. The van der Waals surface area contributed by atoms with Gasteiger partial charge in [-0.05, 0) is 58.5 Å². The number of hydrogen-bond donors (Lipinski definition) is 2. The number of nitrogens with two attached hydrogens (primary N) is 1. The molecule has 0 saturated carbocycles. The van der Waals surface area contributed by atoms with Crippen molar-refractivity contribution in [3.63, 3.8) is 0 Å². The SMILES string of the molecule is Cc1ccsc1C=NNC(=O)c1nnn(-c2nonc2N)c1CSc1ccc(Cl)cc1. The highest BCUT2D eigenvalue weighted by Gasteiger charge is 2.24. The van der Waals surface area contributed by atoms with Crippen LogP contribution in [0.1, 0.15) is 26.6 Å². The van der Waals surface area contributed by atoms with E-state index in [0.717, 1.165) is 15.3 Å². The molecule has 3 heterocycles. The fourth-order valence-electron chi connectivity index (χ4n) is 2.52. The molecule has 13 heteroatoms. The number of thiophene rings is 1. The van der Waals surface area contributed by atoms with Gasteiger partial charge >= 0.3 is 0 Å². The Morgan fingerprint density at radius 1 is 1.35 bits per heavy atom. The van der Waals surface area contributed by atoms with Gasteiger partial charge in [-0.15, -0.1) is 28.2 Å². The topological polar surface area (TPSA) is 137 Å². The van der Waals surface area contributed by atoms with Crippen LogP contribution in [-0.2, 0) is 5.75 Å². The maximum Gasteiger partial charge on any atom is 0.293 e. The number of rotatable bonds is 7. The molecule has 10 nitrogen and oxygen atoms in total. The predicted octanol–water partition coefficient (Wildman–Crippen LogP) is 3.31. The first-order valence-electron chi connectivity index (χ1n) is 8.81. The average molecular weight is 475 g/mol. The second kappa shape index (κ2) is 9.29. The highest BCUT2D eigenvalue weighted by Crippen LogP contribution is 2.27. The van der Waals surface area contributed by atoms with Crippen molar-refractivity contribution in [3.05, 3.63) is 62.6 Å². The van der Waals surface area contributed by atoms with E-state index in [2.05, 4.69) is 35.8 Å². The molecule has 158 valence electrons. The number of aryl methyl sites for hydroxylation is 1. The Bertz CT molecular complexity index is 1230. The number of aromatic nitrogens is 5. The minimum Gasteiger partial charge on any atom is -0.378 e. The lowest BCUT2D eigenvalue weighted by Gasteiger charge is -2.06. The van der Waals surface area contributed by atoms with Crippen molar-refractivity contribution in [2.75, 3.05) is 5.73 Å². The first kappa shape index (κ1) is 21.0. The van der Waals surface area contributed by atoms with Gasteiger partial charge < -0.3 is 5.73 Å². The van der Waals surface area contributed by atoms with Gasteiger partial charge in [-0.2, -0.15) is 9.78 Å². The number of thioether (sulfide) groups is 1. The molecule has 3 aromatic heterocycles. The van der Waals surface area contributed by atoms with Crippen molar-refractivity contribution in [3.8, 4) is 5.82 Å². The number of halogens is 1. The molecule has 31 heavy (non-hydrogen) atoms. The van der Waals surface area contributed by atoms with E-state index in [0.29, 0.717) is 16.5 Å². The quantitative estimate of drug-likeness (QED) is 0.236. The largest absolute Gasteiger partial charge is 0.378 e. The maximum atomic E-state index is 12.7. The second-order valence-electron chi connectivity index (χ2n) is 6.18. The van der Waals surface area contributed by atoms with Crippen molar-refractivity contribution in [1.29, 1.82) is 0 Å². The summed E-state index contributed by atoms with van der Waals surface area (Å²) in [6.45, 7) is 1.97. The van der Waals surface area contributed by atoms with E-state index in [1.165, 1.54) is 27.8 Å². The van der Waals surface area contributed by atoms with E-state index in [1.54, 1.807) is 18.3 Å². The van der Waals surface area contributed by atoms with E-state index in [-0.39, 0.29) is 17.3 Å². The number of carbonyl (C=O) groups excluding carboxylic acids is 1. The zero-order valence-electron chi connectivity index (χ0n) is 16.0. The van der Waals surface area contributed by atoms with Crippen LogP contribution in [0.25, 0.3) is 5.82 Å². The molecule has 0 aliphatic carbocycles. The van der Waals surface area contributed by atoms with Crippen molar-refractivity contribution in [1.82, 2.24) is 30.7 Å². The maximum absolute atomic E-state index is 12.7. The molecule has 4 rings (SSSR count). The number of anilines is 1. The van der Waals surface area contributed by atoms with Crippen LogP contribution in [0, 0.1) is 6.92 Å². The minimum absolute atomic E-state index is 0.0285. The lowest BCUT2D eigenvalue weighted by molar-refractivity contribution is 0.0949. The van der Waals surface area contributed by atoms with Crippen LogP contribution in [0.15, 0.2) is 50.3 Å². The summed E-state index contributed by atoms with van der Waals surface area (Å²) in [5, 5.41) is 21.9. The molecular formula is C18H15ClN8O2S2. The molecule has 0 fully saturated rings. The zero-order chi connectivity index (χ0) is 21.8. The molecule has 1 amide bonds. The van der Waals surface area contributed by atoms with E-state index in [4.69, 9.17) is 17.3 Å². The van der Waals surface area contributed by atoms with Crippen LogP contribution in [-0.4, -0.2) is 37.4 Å². The third kappa shape index (κ3) is 4.76. The Labute approximate surface area is 189 Å². The average Bonchev–Trinajstić information content (AvgIpc) is 3.47. The molecule has 0 aliphatic rings. The molecule has 4 aromatic rings. The summed E-state index contributed by atoms with van der Waals surface area (Å²) < 4.78 is 5.99. The smallest absolute Gasteiger partial charge is 0.293 e. The molecular weight excluding hydrogens is 460 g/mol. The summed E-state index contributed by atoms with van der Waals surface area (Å²) in [5.74, 6) is 0.00690. The molecule has 0 spiro atoms. The van der Waals surface area contributed by atoms with E-state index in [1.807, 2.05) is 30.5 Å². The minimum atomic E-state index is -0.515. The predicted molar refractivity (Wildman–Crippen MR) is 119 cm³/mol. The van der Waals surface area contributed by atoms with Gasteiger partial charge in [0.15, 0.2) is 5.69 Å². The van der Waals surface area contributed by atoms with E-state index in [9.17, 15) is 4.79 Å². The highest BCUT2D eigenvalue weighted by molar-refractivity contribution is 7.98. The van der Waals surface area contributed by atoms with Gasteiger partial charge in [0.05, 0.1) is 11.9 Å². The van der Waals surface area contributed by atoms with Gasteiger partial charge in [0, 0.05) is 20.5 Å². The molecule has 0 bridgehead atoms. The summed E-state index contributed by atoms with van der Waals surface area (Å²) in [6.07, 6.45) is 1.59. The molecule has 0 atom stereocenters. The number of nitrogens with zero attached hydrogens (tertiary/aromatic N) is 6. The van der Waals surface area contributed by atoms with Gasteiger partial charge in [0.1, 0.15) is 0 Å². The Morgan fingerprint density at radius 3 is 2.84 bits per heavy atom.